The Bertz CT molecular complexity index is 424. The van der Waals surface area contributed by atoms with Crippen LogP contribution in [-0.2, 0) is 16.6 Å². The average Bonchev–Trinajstić information content (AvgIpc) is 2.39. The fourth-order valence-corrected chi connectivity index (χ4v) is 2.75. The molecule has 80 valence electrons. The standard InChI is InChI=1S/C12H13BrO2/c1-12(2)9-6-8(13)4-3-7(9)5-10(12)11(14)15/h3-4,6,10H,5H2,1-2H3,(H,14,15). The summed E-state index contributed by atoms with van der Waals surface area (Å²) in [6.45, 7) is 4.01. The van der Waals surface area contributed by atoms with Crippen molar-refractivity contribution < 1.29 is 9.90 Å². The predicted octanol–water partition coefficient (Wildman–Crippen LogP) is 2.98. The second kappa shape index (κ2) is 3.34. The highest BCUT2D eigenvalue weighted by Crippen LogP contribution is 2.43. The van der Waals surface area contributed by atoms with Crippen LogP contribution in [0.2, 0.25) is 0 Å². The van der Waals surface area contributed by atoms with Gasteiger partial charge in [-0.3, -0.25) is 4.79 Å². The number of carboxylic acids is 1. The monoisotopic (exact) mass is 268 g/mol. The molecular weight excluding hydrogens is 256 g/mol. The van der Waals surface area contributed by atoms with Gasteiger partial charge < -0.3 is 5.11 Å². The number of hydrogen-bond acceptors (Lipinski definition) is 1. The van der Waals surface area contributed by atoms with Crippen LogP contribution in [0.15, 0.2) is 22.7 Å². The van der Waals surface area contributed by atoms with Gasteiger partial charge in [0.15, 0.2) is 0 Å². The Morgan fingerprint density at radius 2 is 2.20 bits per heavy atom. The molecule has 0 saturated heterocycles. The van der Waals surface area contributed by atoms with E-state index >= 15 is 0 Å². The van der Waals surface area contributed by atoms with Gasteiger partial charge >= 0.3 is 5.97 Å². The smallest absolute Gasteiger partial charge is 0.307 e. The van der Waals surface area contributed by atoms with Crippen molar-refractivity contribution in [3.05, 3.63) is 33.8 Å². The van der Waals surface area contributed by atoms with E-state index < -0.39 is 5.97 Å². The summed E-state index contributed by atoms with van der Waals surface area (Å²) >= 11 is 3.43. The van der Waals surface area contributed by atoms with Crippen LogP contribution in [0.1, 0.15) is 25.0 Å². The van der Waals surface area contributed by atoms with Gasteiger partial charge in [-0.15, -0.1) is 0 Å². The summed E-state index contributed by atoms with van der Waals surface area (Å²) in [6.07, 6.45) is 0.644. The van der Waals surface area contributed by atoms with Crippen molar-refractivity contribution in [3.8, 4) is 0 Å². The number of carboxylic acid groups (broad SMARTS) is 1. The fourth-order valence-electron chi connectivity index (χ4n) is 2.39. The summed E-state index contributed by atoms with van der Waals surface area (Å²) in [5, 5.41) is 9.18. The molecular formula is C12H13BrO2. The zero-order valence-corrected chi connectivity index (χ0v) is 10.3. The maximum absolute atomic E-state index is 11.2. The second-order valence-electron chi connectivity index (χ2n) is 4.62. The van der Waals surface area contributed by atoms with Crippen molar-refractivity contribution in [2.45, 2.75) is 25.7 Å². The lowest BCUT2D eigenvalue weighted by Crippen LogP contribution is -2.30. The van der Waals surface area contributed by atoms with Gasteiger partial charge in [0.25, 0.3) is 0 Å². The van der Waals surface area contributed by atoms with Crippen molar-refractivity contribution in [2.24, 2.45) is 5.92 Å². The first-order valence-corrected chi connectivity index (χ1v) is 5.74. The largest absolute Gasteiger partial charge is 0.481 e. The Hall–Kier alpha value is -0.830. The van der Waals surface area contributed by atoms with E-state index in [-0.39, 0.29) is 11.3 Å². The fraction of sp³-hybridized carbons (Fsp3) is 0.417. The summed E-state index contributed by atoms with van der Waals surface area (Å²) in [4.78, 5) is 11.2. The van der Waals surface area contributed by atoms with Crippen molar-refractivity contribution >= 4 is 21.9 Å². The van der Waals surface area contributed by atoms with Crippen LogP contribution in [0.25, 0.3) is 0 Å². The van der Waals surface area contributed by atoms with E-state index in [1.807, 2.05) is 32.0 Å². The highest BCUT2D eigenvalue weighted by molar-refractivity contribution is 9.10. The van der Waals surface area contributed by atoms with E-state index in [0.717, 1.165) is 15.6 Å². The first-order chi connectivity index (χ1) is 6.93. The first kappa shape index (κ1) is 10.7. The molecule has 1 unspecified atom stereocenters. The third kappa shape index (κ3) is 1.59. The molecule has 1 atom stereocenters. The highest BCUT2D eigenvalue weighted by atomic mass is 79.9. The molecule has 1 aliphatic rings. The van der Waals surface area contributed by atoms with Gasteiger partial charge in [-0.2, -0.15) is 0 Å². The molecule has 3 heteroatoms. The van der Waals surface area contributed by atoms with Crippen LogP contribution in [0.3, 0.4) is 0 Å². The highest BCUT2D eigenvalue weighted by Gasteiger charge is 2.43. The van der Waals surface area contributed by atoms with Crippen LogP contribution in [0, 0.1) is 5.92 Å². The Morgan fingerprint density at radius 3 is 2.80 bits per heavy atom. The number of rotatable bonds is 1. The van der Waals surface area contributed by atoms with E-state index in [1.54, 1.807) is 0 Å². The maximum atomic E-state index is 11.2. The summed E-state index contributed by atoms with van der Waals surface area (Å²) in [5.41, 5.74) is 2.05. The zero-order valence-electron chi connectivity index (χ0n) is 8.75. The van der Waals surface area contributed by atoms with Crippen molar-refractivity contribution in [3.63, 3.8) is 0 Å². The molecule has 0 saturated carbocycles. The minimum absolute atomic E-state index is 0.273. The molecule has 1 N–H and O–H groups in total. The lowest BCUT2D eigenvalue weighted by atomic mass is 9.78. The molecule has 0 radical (unpaired) electrons. The molecule has 1 aliphatic carbocycles. The summed E-state index contributed by atoms with van der Waals surface area (Å²) in [6, 6.07) is 6.03. The second-order valence-corrected chi connectivity index (χ2v) is 5.53. The number of carbonyl (C=O) groups is 1. The van der Waals surface area contributed by atoms with Crippen molar-refractivity contribution in [1.29, 1.82) is 0 Å². The molecule has 0 heterocycles. The lowest BCUT2D eigenvalue weighted by molar-refractivity contribution is -0.143. The van der Waals surface area contributed by atoms with Gasteiger partial charge in [0.05, 0.1) is 5.92 Å². The van der Waals surface area contributed by atoms with E-state index in [2.05, 4.69) is 15.9 Å². The molecule has 0 aromatic heterocycles. The van der Waals surface area contributed by atoms with Crippen LogP contribution < -0.4 is 0 Å². The Kier molecular flexibility index (Phi) is 2.38. The topological polar surface area (TPSA) is 37.3 Å². The van der Waals surface area contributed by atoms with Crippen molar-refractivity contribution in [2.75, 3.05) is 0 Å². The molecule has 1 aromatic rings. The summed E-state index contributed by atoms with van der Waals surface area (Å²) in [5.74, 6) is -1.01. The van der Waals surface area contributed by atoms with Gasteiger partial charge in [-0.1, -0.05) is 35.8 Å². The van der Waals surface area contributed by atoms with Crippen LogP contribution in [0.4, 0.5) is 0 Å². The molecule has 0 spiro atoms. The number of aliphatic carboxylic acids is 1. The molecule has 0 bridgehead atoms. The SMILES string of the molecule is CC1(C)c2cc(Br)ccc2CC1C(=O)O. The Balaban J connectivity index is 2.53. The van der Waals surface area contributed by atoms with Crippen LogP contribution in [-0.4, -0.2) is 11.1 Å². The number of benzene rings is 1. The Morgan fingerprint density at radius 1 is 1.53 bits per heavy atom. The van der Waals surface area contributed by atoms with Gasteiger partial charge in [0.1, 0.15) is 0 Å². The molecule has 0 amide bonds. The molecule has 0 fully saturated rings. The summed E-state index contributed by atoms with van der Waals surface area (Å²) in [7, 11) is 0. The summed E-state index contributed by atoms with van der Waals surface area (Å²) < 4.78 is 1.01. The Labute approximate surface area is 97.4 Å². The van der Waals surface area contributed by atoms with Gasteiger partial charge in [-0.25, -0.2) is 0 Å². The third-order valence-electron chi connectivity index (χ3n) is 3.36. The molecule has 0 aliphatic heterocycles. The van der Waals surface area contributed by atoms with Gasteiger partial charge in [0, 0.05) is 9.89 Å². The average molecular weight is 269 g/mol. The minimum atomic E-state index is -0.702. The van der Waals surface area contributed by atoms with Crippen LogP contribution >= 0.6 is 15.9 Å². The van der Waals surface area contributed by atoms with E-state index in [0.29, 0.717) is 6.42 Å². The lowest BCUT2D eigenvalue weighted by Gasteiger charge is -2.25. The van der Waals surface area contributed by atoms with Crippen LogP contribution in [0.5, 0.6) is 0 Å². The maximum Gasteiger partial charge on any atom is 0.307 e. The van der Waals surface area contributed by atoms with E-state index in [1.165, 1.54) is 0 Å². The molecule has 2 rings (SSSR count). The zero-order chi connectivity index (χ0) is 11.2. The van der Waals surface area contributed by atoms with Crippen molar-refractivity contribution in [1.82, 2.24) is 0 Å². The van der Waals surface area contributed by atoms with E-state index in [4.69, 9.17) is 0 Å². The number of hydrogen-bond donors (Lipinski definition) is 1. The van der Waals surface area contributed by atoms with Gasteiger partial charge in [-0.05, 0) is 29.7 Å². The van der Waals surface area contributed by atoms with Gasteiger partial charge in [0.2, 0.25) is 0 Å². The predicted molar refractivity (Wildman–Crippen MR) is 62.0 cm³/mol. The quantitative estimate of drug-likeness (QED) is 0.851. The normalized spacial score (nSPS) is 22.5. The molecule has 15 heavy (non-hydrogen) atoms. The third-order valence-corrected chi connectivity index (χ3v) is 3.85. The number of halogens is 1. The first-order valence-electron chi connectivity index (χ1n) is 4.94. The van der Waals surface area contributed by atoms with E-state index in [9.17, 15) is 9.90 Å². The molecule has 2 nitrogen and oxygen atoms in total. The number of fused-ring (bicyclic) bond motifs is 1. The molecule has 1 aromatic carbocycles. The minimum Gasteiger partial charge on any atom is -0.481 e.